The van der Waals surface area contributed by atoms with Crippen LogP contribution in [-0.2, 0) is 0 Å². The summed E-state index contributed by atoms with van der Waals surface area (Å²) < 4.78 is 19.2. The highest BCUT2D eigenvalue weighted by molar-refractivity contribution is 9.10. The summed E-state index contributed by atoms with van der Waals surface area (Å²) in [7, 11) is 0. The molecule has 20 heavy (non-hydrogen) atoms. The summed E-state index contributed by atoms with van der Waals surface area (Å²) in [6.07, 6.45) is 0. The molecular formula is C14H9BrFN3O. The molecule has 6 heteroatoms. The molecule has 0 aliphatic carbocycles. The Morgan fingerprint density at radius 1 is 1.10 bits per heavy atom. The smallest absolute Gasteiger partial charge is 0.260 e. The maximum Gasteiger partial charge on any atom is 0.260 e. The minimum absolute atomic E-state index is 0.300. The summed E-state index contributed by atoms with van der Waals surface area (Å²) in [5, 5.41) is 3.87. The van der Waals surface area contributed by atoms with E-state index in [0.717, 1.165) is 0 Å². The van der Waals surface area contributed by atoms with Crippen LogP contribution in [0.25, 0.3) is 22.8 Å². The number of nitrogens with zero attached hydrogens (tertiary/aromatic N) is 2. The van der Waals surface area contributed by atoms with Gasteiger partial charge in [0.05, 0.1) is 5.56 Å². The molecule has 3 aromatic rings. The van der Waals surface area contributed by atoms with E-state index in [4.69, 9.17) is 10.3 Å². The number of nitrogen functional groups attached to an aromatic ring is 1. The van der Waals surface area contributed by atoms with Crippen LogP contribution >= 0.6 is 15.9 Å². The van der Waals surface area contributed by atoms with Crippen LogP contribution in [0.3, 0.4) is 0 Å². The fourth-order valence-electron chi connectivity index (χ4n) is 1.80. The van der Waals surface area contributed by atoms with Gasteiger partial charge in [-0.1, -0.05) is 33.2 Å². The highest BCUT2D eigenvalue weighted by Gasteiger charge is 2.15. The quantitative estimate of drug-likeness (QED) is 0.722. The van der Waals surface area contributed by atoms with E-state index in [1.54, 1.807) is 18.2 Å². The van der Waals surface area contributed by atoms with Gasteiger partial charge in [-0.3, -0.25) is 0 Å². The minimum Gasteiger partial charge on any atom is -0.398 e. The second-order valence-corrected chi connectivity index (χ2v) is 4.99. The van der Waals surface area contributed by atoms with Crippen LogP contribution in [-0.4, -0.2) is 10.1 Å². The van der Waals surface area contributed by atoms with E-state index in [1.807, 2.05) is 12.1 Å². The Balaban J connectivity index is 2.07. The topological polar surface area (TPSA) is 64.9 Å². The van der Waals surface area contributed by atoms with Gasteiger partial charge in [0.15, 0.2) is 0 Å². The highest BCUT2D eigenvalue weighted by Crippen LogP contribution is 2.30. The fourth-order valence-corrected chi connectivity index (χ4v) is 2.23. The molecule has 0 bridgehead atoms. The lowest BCUT2D eigenvalue weighted by Crippen LogP contribution is -1.89. The molecule has 3 rings (SSSR count). The minimum atomic E-state index is -0.367. The molecule has 100 valence electrons. The molecule has 1 aromatic heterocycles. The van der Waals surface area contributed by atoms with Crippen molar-refractivity contribution in [1.82, 2.24) is 10.1 Å². The van der Waals surface area contributed by atoms with E-state index in [1.165, 1.54) is 12.1 Å². The molecular weight excluding hydrogens is 325 g/mol. The van der Waals surface area contributed by atoms with E-state index >= 15 is 0 Å². The zero-order chi connectivity index (χ0) is 14.1. The Labute approximate surface area is 122 Å². The summed E-state index contributed by atoms with van der Waals surface area (Å²) >= 11 is 3.33. The first kappa shape index (κ1) is 12.8. The van der Waals surface area contributed by atoms with Crippen molar-refractivity contribution in [2.24, 2.45) is 0 Å². The maximum atomic E-state index is 13.3. The standard InChI is InChI=1S/C14H9BrFN3O/c15-11-6-5-8(16)7-10(11)13-18-14(20-19-13)9-3-1-2-4-12(9)17/h1-7H,17H2. The lowest BCUT2D eigenvalue weighted by atomic mass is 10.2. The Morgan fingerprint density at radius 2 is 1.90 bits per heavy atom. The van der Waals surface area contributed by atoms with Crippen LogP contribution in [0.5, 0.6) is 0 Å². The number of benzene rings is 2. The van der Waals surface area contributed by atoms with Gasteiger partial charge in [-0.05, 0) is 30.3 Å². The SMILES string of the molecule is Nc1ccccc1-c1nc(-c2cc(F)ccc2Br)no1. The normalized spacial score (nSPS) is 10.7. The van der Waals surface area contributed by atoms with Crippen molar-refractivity contribution in [3.05, 3.63) is 52.8 Å². The number of nitrogens with two attached hydrogens (primary N) is 1. The van der Waals surface area contributed by atoms with E-state index < -0.39 is 0 Å². The maximum absolute atomic E-state index is 13.3. The first-order chi connectivity index (χ1) is 9.65. The van der Waals surface area contributed by atoms with Crippen molar-refractivity contribution in [3.8, 4) is 22.8 Å². The van der Waals surface area contributed by atoms with Crippen molar-refractivity contribution >= 4 is 21.6 Å². The van der Waals surface area contributed by atoms with Gasteiger partial charge in [-0.25, -0.2) is 4.39 Å². The van der Waals surface area contributed by atoms with Crippen molar-refractivity contribution in [2.45, 2.75) is 0 Å². The third-order valence-corrected chi connectivity index (χ3v) is 3.48. The third-order valence-electron chi connectivity index (χ3n) is 2.79. The molecule has 0 saturated carbocycles. The molecule has 0 aliphatic rings. The van der Waals surface area contributed by atoms with E-state index in [-0.39, 0.29) is 5.82 Å². The van der Waals surface area contributed by atoms with Crippen LogP contribution in [0.1, 0.15) is 0 Å². The number of para-hydroxylation sites is 1. The molecule has 1 heterocycles. The molecule has 4 nitrogen and oxygen atoms in total. The van der Waals surface area contributed by atoms with Crippen molar-refractivity contribution in [1.29, 1.82) is 0 Å². The second-order valence-electron chi connectivity index (χ2n) is 4.13. The summed E-state index contributed by atoms with van der Waals surface area (Å²) in [6, 6.07) is 11.5. The monoisotopic (exact) mass is 333 g/mol. The van der Waals surface area contributed by atoms with Gasteiger partial charge in [0.1, 0.15) is 5.82 Å². The van der Waals surface area contributed by atoms with E-state index in [2.05, 4.69) is 26.1 Å². The predicted octanol–water partition coefficient (Wildman–Crippen LogP) is 3.89. The van der Waals surface area contributed by atoms with Gasteiger partial charge in [0.2, 0.25) is 5.82 Å². The Hall–Kier alpha value is -2.21. The molecule has 2 aromatic carbocycles. The number of rotatable bonds is 2. The first-order valence-electron chi connectivity index (χ1n) is 5.79. The van der Waals surface area contributed by atoms with Crippen LogP contribution in [0.15, 0.2) is 51.5 Å². The molecule has 0 atom stereocenters. The van der Waals surface area contributed by atoms with Gasteiger partial charge >= 0.3 is 0 Å². The van der Waals surface area contributed by atoms with Crippen molar-refractivity contribution in [2.75, 3.05) is 5.73 Å². The molecule has 0 spiro atoms. The fraction of sp³-hybridized carbons (Fsp3) is 0. The number of hydrogen-bond acceptors (Lipinski definition) is 4. The van der Waals surface area contributed by atoms with Crippen LogP contribution in [0, 0.1) is 5.82 Å². The van der Waals surface area contributed by atoms with Gasteiger partial charge in [-0.15, -0.1) is 0 Å². The summed E-state index contributed by atoms with van der Waals surface area (Å²) in [6.45, 7) is 0. The zero-order valence-electron chi connectivity index (χ0n) is 10.2. The highest BCUT2D eigenvalue weighted by atomic mass is 79.9. The van der Waals surface area contributed by atoms with Crippen LogP contribution in [0.4, 0.5) is 10.1 Å². The van der Waals surface area contributed by atoms with Gasteiger partial charge in [-0.2, -0.15) is 4.98 Å². The van der Waals surface area contributed by atoms with E-state index in [0.29, 0.717) is 33.0 Å². The largest absolute Gasteiger partial charge is 0.398 e. The Kier molecular flexibility index (Phi) is 3.23. The zero-order valence-corrected chi connectivity index (χ0v) is 11.8. The Bertz CT molecular complexity index is 773. The number of aromatic nitrogens is 2. The number of hydrogen-bond donors (Lipinski definition) is 1. The molecule has 0 fully saturated rings. The Morgan fingerprint density at radius 3 is 2.70 bits per heavy atom. The lowest BCUT2D eigenvalue weighted by Gasteiger charge is -1.99. The van der Waals surface area contributed by atoms with Gasteiger partial charge in [0.25, 0.3) is 5.89 Å². The summed E-state index contributed by atoms with van der Waals surface area (Å²) in [5.74, 6) is 0.234. The average Bonchev–Trinajstić information content (AvgIpc) is 2.91. The first-order valence-corrected chi connectivity index (χ1v) is 6.58. The number of anilines is 1. The molecule has 0 aliphatic heterocycles. The predicted molar refractivity (Wildman–Crippen MR) is 77.2 cm³/mol. The third kappa shape index (κ3) is 2.30. The van der Waals surface area contributed by atoms with Crippen molar-refractivity contribution in [3.63, 3.8) is 0 Å². The number of halogens is 2. The molecule has 2 N–H and O–H groups in total. The van der Waals surface area contributed by atoms with E-state index in [9.17, 15) is 4.39 Å². The molecule has 0 saturated heterocycles. The van der Waals surface area contributed by atoms with Crippen LogP contribution in [0.2, 0.25) is 0 Å². The molecule has 0 unspecified atom stereocenters. The van der Waals surface area contributed by atoms with Gasteiger partial charge in [0, 0.05) is 15.7 Å². The summed E-state index contributed by atoms with van der Waals surface area (Å²) in [5.41, 5.74) is 7.57. The molecule has 0 radical (unpaired) electrons. The van der Waals surface area contributed by atoms with Crippen LogP contribution < -0.4 is 5.73 Å². The molecule has 0 amide bonds. The van der Waals surface area contributed by atoms with Crippen molar-refractivity contribution < 1.29 is 8.91 Å². The average molecular weight is 334 g/mol. The van der Waals surface area contributed by atoms with Gasteiger partial charge < -0.3 is 10.3 Å². The lowest BCUT2D eigenvalue weighted by molar-refractivity contribution is 0.432. The second kappa shape index (κ2) is 5.05. The summed E-state index contributed by atoms with van der Waals surface area (Å²) in [4.78, 5) is 4.26.